The monoisotopic (exact) mass is 320 g/mol. The fourth-order valence-electron chi connectivity index (χ4n) is 2.13. The molecular weight excluding hydrogens is 292 g/mol. The number of hydrogen-bond acceptors (Lipinski definition) is 3. The van der Waals surface area contributed by atoms with Gasteiger partial charge in [-0.05, 0) is 29.2 Å². The van der Waals surface area contributed by atoms with Crippen molar-refractivity contribution in [3.05, 3.63) is 47.2 Å². The number of rotatable bonds is 4. The van der Waals surface area contributed by atoms with E-state index >= 15 is 0 Å². The lowest BCUT2D eigenvalue weighted by atomic mass is 9.77. The summed E-state index contributed by atoms with van der Waals surface area (Å²) >= 11 is 0. The van der Waals surface area contributed by atoms with Crippen molar-refractivity contribution in [2.75, 3.05) is 0 Å². The molecular formula is C19H28O4. The smallest absolute Gasteiger partial charge is 0.370 e. The number of carboxylic acid groups (broad SMARTS) is 1. The zero-order valence-corrected chi connectivity index (χ0v) is 13.8. The van der Waals surface area contributed by atoms with E-state index < -0.39 is 17.1 Å². The lowest BCUT2D eigenvalue weighted by Gasteiger charge is -2.28. The Kier molecular flexibility index (Phi) is 6.23. The van der Waals surface area contributed by atoms with Gasteiger partial charge in [0.15, 0.2) is 0 Å². The van der Waals surface area contributed by atoms with Crippen LogP contribution in [0.2, 0.25) is 0 Å². The normalized spacial score (nSPS) is 12.5. The molecule has 0 aliphatic heterocycles. The molecule has 0 radical (unpaired) electrons. The van der Waals surface area contributed by atoms with Gasteiger partial charge in [0.25, 0.3) is 0 Å². The second-order valence-electron chi connectivity index (χ2n) is 6.98. The molecule has 3 N–H and O–H groups in total. The van der Waals surface area contributed by atoms with Crippen LogP contribution < -0.4 is 0 Å². The molecule has 0 aliphatic carbocycles. The van der Waals surface area contributed by atoms with Gasteiger partial charge in [-0.25, -0.2) is 4.79 Å². The molecule has 0 saturated heterocycles. The molecule has 0 fully saturated rings. The summed E-state index contributed by atoms with van der Waals surface area (Å²) < 4.78 is 0. The highest BCUT2D eigenvalue weighted by Crippen LogP contribution is 2.40. The molecule has 0 bridgehead atoms. The number of benzene rings is 1. The van der Waals surface area contributed by atoms with Crippen molar-refractivity contribution in [1.29, 1.82) is 0 Å². The molecule has 23 heavy (non-hydrogen) atoms. The fourth-order valence-corrected chi connectivity index (χ4v) is 2.13. The Labute approximate surface area is 138 Å². The largest absolute Gasteiger partial charge is 0.507 e. The maximum atomic E-state index is 10.8. The van der Waals surface area contributed by atoms with Crippen molar-refractivity contribution in [3.63, 3.8) is 0 Å². The molecule has 0 saturated carbocycles. The number of aliphatic hydroxyl groups excluding tert-OH is 1. The fraction of sp³-hybridized carbons (Fsp3) is 0.421. The van der Waals surface area contributed by atoms with Gasteiger partial charge in [-0.1, -0.05) is 48.1 Å². The van der Waals surface area contributed by atoms with Crippen molar-refractivity contribution in [1.82, 2.24) is 0 Å². The van der Waals surface area contributed by atoms with E-state index in [0.717, 1.165) is 0 Å². The number of aliphatic carboxylic acids is 1. The van der Waals surface area contributed by atoms with Gasteiger partial charge < -0.3 is 15.3 Å². The number of phenols is 1. The lowest BCUT2D eigenvalue weighted by molar-refractivity contribution is -0.135. The van der Waals surface area contributed by atoms with E-state index in [4.69, 9.17) is 5.11 Å². The Bertz CT molecular complexity index is 632. The van der Waals surface area contributed by atoms with Crippen LogP contribution in [0.5, 0.6) is 5.75 Å². The average molecular weight is 320 g/mol. The summed E-state index contributed by atoms with van der Waals surface area (Å²) in [7, 11) is 0. The van der Waals surface area contributed by atoms with E-state index in [2.05, 4.69) is 6.58 Å². The Hall–Kier alpha value is -2.23. The Morgan fingerprint density at radius 3 is 1.96 bits per heavy atom. The van der Waals surface area contributed by atoms with Crippen LogP contribution in [-0.2, 0) is 15.6 Å². The Morgan fingerprint density at radius 2 is 1.57 bits per heavy atom. The van der Waals surface area contributed by atoms with Crippen LogP contribution >= 0.6 is 0 Å². The van der Waals surface area contributed by atoms with Crippen LogP contribution in [-0.4, -0.2) is 21.3 Å². The number of phenolic OH excluding ortho intramolecular Hbond substituents is 1. The molecule has 1 rings (SSSR count). The van der Waals surface area contributed by atoms with Crippen LogP contribution in [0.4, 0.5) is 0 Å². The van der Waals surface area contributed by atoms with Crippen LogP contribution in [0, 0.1) is 0 Å². The summed E-state index contributed by atoms with van der Waals surface area (Å²) in [6.45, 7) is 13.5. The molecule has 0 atom stereocenters. The number of allylic oxidation sites excluding steroid dienone is 1. The predicted octanol–water partition coefficient (Wildman–Crippen LogP) is 4.77. The highest BCUT2D eigenvalue weighted by molar-refractivity contribution is 5.89. The van der Waals surface area contributed by atoms with Crippen molar-refractivity contribution < 1.29 is 20.1 Å². The first-order valence-corrected chi connectivity index (χ1v) is 7.05. The van der Waals surface area contributed by atoms with E-state index in [1.807, 2.05) is 34.6 Å². The van der Waals surface area contributed by atoms with Gasteiger partial charge in [0.2, 0.25) is 5.76 Å². The summed E-state index contributed by atoms with van der Waals surface area (Å²) in [5.41, 5.74) is 1.02. The number of carboxylic acids is 1. The number of aromatic hydroxyl groups is 1. The predicted molar refractivity (Wildman–Crippen MR) is 95.0 cm³/mol. The van der Waals surface area contributed by atoms with Gasteiger partial charge in [-0.15, -0.1) is 6.58 Å². The summed E-state index contributed by atoms with van der Waals surface area (Å²) in [6.07, 6.45) is 2.90. The molecule has 1 aromatic rings. The quantitative estimate of drug-likeness (QED) is 0.424. The third-order valence-electron chi connectivity index (χ3n) is 3.67. The van der Waals surface area contributed by atoms with E-state index in [-0.39, 0.29) is 18.6 Å². The topological polar surface area (TPSA) is 77.8 Å². The second-order valence-corrected chi connectivity index (χ2v) is 6.98. The highest BCUT2D eigenvalue weighted by atomic mass is 16.4. The van der Waals surface area contributed by atoms with Gasteiger partial charge >= 0.3 is 5.97 Å². The molecule has 4 nitrogen and oxygen atoms in total. The average Bonchev–Trinajstić information content (AvgIpc) is 2.38. The third kappa shape index (κ3) is 4.62. The molecule has 0 aromatic heterocycles. The van der Waals surface area contributed by atoms with Gasteiger partial charge in [0.1, 0.15) is 5.75 Å². The van der Waals surface area contributed by atoms with Crippen LogP contribution in [0.15, 0.2) is 30.5 Å². The zero-order valence-electron chi connectivity index (χ0n) is 13.8. The molecule has 4 heteroatoms. The second kappa shape index (κ2) is 6.90. The maximum absolute atomic E-state index is 10.8. The van der Waals surface area contributed by atoms with E-state index in [0.29, 0.717) is 16.7 Å². The number of aliphatic hydroxyl groups is 1. The first kappa shape index (κ1) is 20.8. The van der Waals surface area contributed by atoms with Crippen LogP contribution in [0.3, 0.4) is 0 Å². The van der Waals surface area contributed by atoms with Crippen molar-refractivity contribution in [3.8, 4) is 5.75 Å². The van der Waals surface area contributed by atoms with Gasteiger partial charge in [-0.3, -0.25) is 0 Å². The van der Waals surface area contributed by atoms with Crippen molar-refractivity contribution >= 4 is 12.0 Å². The van der Waals surface area contributed by atoms with Gasteiger partial charge in [0.05, 0.1) is 0 Å². The minimum Gasteiger partial charge on any atom is -0.507 e. The maximum Gasteiger partial charge on any atom is 0.370 e. The number of hydrogen-bond donors (Lipinski definition) is 3. The summed E-state index contributed by atoms with van der Waals surface area (Å²) in [5, 5.41) is 28.9. The van der Waals surface area contributed by atoms with Crippen LogP contribution in [0.1, 0.15) is 58.7 Å². The molecule has 0 spiro atoms. The van der Waals surface area contributed by atoms with E-state index in [1.54, 1.807) is 18.2 Å². The van der Waals surface area contributed by atoms with Crippen molar-refractivity contribution in [2.45, 2.75) is 52.9 Å². The first-order valence-electron chi connectivity index (χ1n) is 7.05. The van der Waals surface area contributed by atoms with Crippen LogP contribution in [0.25, 0.3) is 6.08 Å². The standard InChI is InChI=1S/C18H24O4.CH4/c1-7-18(5,6)13-9-11(10-14(19)16(21)22)8-12(15(13)20)17(2,3)4;/h7-10,19-20H,1H2,2-6H3,(H,21,22);1H4. The molecule has 0 aliphatic rings. The number of carbonyl (C=O) groups is 1. The summed E-state index contributed by atoms with van der Waals surface area (Å²) in [6, 6.07) is 3.36. The van der Waals surface area contributed by atoms with Gasteiger partial charge in [-0.2, -0.15) is 0 Å². The Balaban J connectivity index is 0.00000484. The zero-order chi connectivity index (χ0) is 17.3. The highest BCUT2D eigenvalue weighted by Gasteiger charge is 2.27. The Morgan fingerprint density at radius 1 is 1.09 bits per heavy atom. The van der Waals surface area contributed by atoms with E-state index in [9.17, 15) is 15.0 Å². The molecule has 0 heterocycles. The first-order chi connectivity index (χ1) is 9.90. The van der Waals surface area contributed by atoms with Gasteiger partial charge in [0, 0.05) is 16.5 Å². The summed E-state index contributed by atoms with van der Waals surface area (Å²) in [4.78, 5) is 10.8. The molecule has 1 aromatic carbocycles. The van der Waals surface area contributed by atoms with Crippen molar-refractivity contribution in [2.24, 2.45) is 0 Å². The summed E-state index contributed by atoms with van der Waals surface area (Å²) in [5.74, 6) is -1.97. The lowest BCUT2D eigenvalue weighted by Crippen LogP contribution is -2.18. The third-order valence-corrected chi connectivity index (χ3v) is 3.67. The molecule has 0 unspecified atom stereocenters. The minimum absolute atomic E-state index is 0. The SMILES string of the molecule is C.C=CC(C)(C)c1cc(C=C(O)C(=O)O)cc(C(C)(C)C)c1O. The minimum atomic E-state index is -1.39. The molecule has 0 amide bonds. The van der Waals surface area contributed by atoms with E-state index in [1.165, 1.54) is 6.08 Å². The molecule has 128 valence electrons.